The Bertz CT molecular complexity index is 3570. The number of furan rings is 1. The van der Waals surface area contributed by atoms with Gasteiger partial charge in [0.15, 0.2) is 11.4 Å². The molecular formula is C55H33N3O. The molecule has 0 saturated heterocycles. The summed E-state index contributed by atoms with van der Waals surface area (Å²) >= 11 is 0. The van der Waals surface area contributed by atoms with Gasteiger partial charge < -0.3 is 4.42 Å². The van der Waals surface area contributed by atoms with Crippen molar-refractivity contribution >= 4 is 65.2 Å². The normalized spacial score (nSPS) is 11.7. The highest BCUT2D eigenvalue weighted by Gasteiger charge is 2.18. The Kier molecular flexibility index (Phi) is 7.50. The third-order valence-electron chi connectivity index (χ3n) is 11.7. The molecule has 0 saturated carbocycles. The molecule has 59 heavy (non-hydrogen) atoms. The molecule has 12 rings (SSSR count). The van der Waals surface area contributed by atoms with Gasteiger partial charge in [-0.15, -0.1) is 0 Å². The summed E-state index contributed by atoms with van der Waals surface area (Å²) in [5.41, 5.74) is 11.6. The zero-order chi connectivity index (χ0) is 38.9. The third-order valence-corrected chi connectivity index (χ3v) is 11.7. The minimum Gasteiger partial charge on any atom is -0.454 e. The van der Waals surface area contributed by atoms with Crippen LogP contribution in [-0.4, -0.2) is 15.0 Å². The average molecular weight is 752 g/mol. The summed E-state index contributed by atoms with van der Waals surface area (Å²) < 4.78 is 6.34. The van der Waals surface area contributed by atoms with Crippen LogP contribution in [0.5, 0.6) is 0 Å². The van der Waals surface area contributed by atoms with E-state index >= 15 is 0 Å². The SMILES string of the molecule is c1ccc(-c2nc(-c3ccc(-c4cccc(-c5nc6c7ccccc7oc6c6ccccc56)c4)cc3)cc(-c3ccc4c5ccccc5c5ccccc5c4c3)n2)cc1. The summed E-state index contributed by atoms with van der Waals surface area (Å²) in [6.45, 7) is 0. The minimum atomic E-state index is 0.695. The van der Waals surface area contributed by atoms with Gasteiger partial charge in [0.25, 0.3) is 0 Å². The van der Waals surface area contributed by atoms with Gasteiger partial charge in [-0.05, 0) is 73.8 Å². The average Bonchev–Trinajstić information content (AvgIpc) is 3.70. The first-order chi connectivity index (χ1) is 29.2. The van der Waals surface area contributed by atoms with E-state index in [9.17, 15) is 0 Å². The lowest BCUT2D eigenvalue weighted by Crippen LogP contribution is -1.96. The maximum absolute atomic E-state index is 6.34. The maximum Gasteiger partial charge on any atom is 0.161 e. The van der Waals surface area contributed by atoms with Crippen molar-refractivity contribution in [1.82, 2.24) is 15.0 Å². The molecule has 0 fully saturated rings. The zero-order valence-electron chi connectivity index (χ0n) is 31.8. The number of hydrogen-bond donors (Lipinski definition) is 0. The van der Waals surface area contributed by atoms with Gasteiger partial charge in [-0.25, -0.2) is 15.0 Å². The van der Waals surface area contributed by atoms with Gasteiger partial charge in [-0.1, -0.05) is 170 Å². The quantitative estimate of drug-likeness (QED) is 0.164. The molecule has 4 heteroatoms. The van der Waals surface area contributed by atoms with E-state index in [0.717, 1.165) is 83.3 Å². The summed E-state index contributed by atoms with van der Waals surface area (Å²) in [5.74, 6) is 0.695. The largest absolute Gasteiger partial charge is 0.454 e. The Hall–Kier alpha value is -7.95. The van der Waals surface area contributed by atoms with Crippen molar-refractivity contribution in [1.29, 1.82) is 0 Å². The fraction of sp³-hybridized carbons (Fsp3) is 0. The molecule has 4 nitrogen and oxygen atoms in total. The molecule has 3 aromatic heterocycles. The van der Waals surface area contributed by atoms with Crippen LogP contribution in [0.3, 0.4) is 0 Å². The molecule has 0 aliphatic heterocycles. The number of aromatic nitrogens is 3. The highest BCUT2D eigenvalue weighted by atomic mass is 16.3. The van der Waals surface area contributed by atoms with Crippen molar-refractivity contribution in [2.45, 2.75) is 0 Å². The lowest BCUT2D eigenvalue weighted by atomic mass is 9.92. The fourth-order valence-corrected chi connectivity index (χ4v) is 8.81. The van der Waals surface area contributed by atoms with Gasteiger partial charge in [0.1, 0.15) is 11.1 Å². The summed E-state index contributed by atoms with van der Waals surface area (Å²) in [4.78, 5) is 15.6. The zero-order valence-corrected chi connectivity index (χ0v) is 31.8. The first-order valence-electron chi connectivity index (χ1n) is 19.9. The van der Waals surface area contributed by atoms with E-state index in [1.165, 1.54) is 32.3 Å². The molecule has 9 aromatic carbocycles. The van der Waals surface area contributed by atoms with Crippen LogP contribution < -0.4 is 0 Å². The van der Waals surface area contributed by atoms with Gasteiger partial charge in [-0.2, -0.15) is 0 Å². The maximum atomic E-state index is 6.34. The van der Waals surface area contributed by atoms with E-state index in [2.05, 4.69) is 164 Å². The van der Waals surface area contributed by atoms with Crippen LogP contribution in [0, 0.1) is 0 Å². The number of hydrogen-bond acceptors (Lipinski definition) is 4. The Morgan fingerprint density at radius 3 is 1.54 bits per heavy atom. The third kappa shape index (κ3) is 5.49. The van der Waals surface area contributed by atoms with Crippen molar-refractivity contribution in [2.24, 2.45) is 0 Å². The Morgan fingerprint density at radius 1 is 0.288 bits per heavy atom. The lowest BCUT2D eigenvalue weighted by Gasteiger charge is -2.13. The first-order valence-corrected chi connectivity index (χ1v) is 19.9. The van der Waals surface area contributed by atoms with Crippen molar-refractivity contribution < 1.29 is 4.42 Å². The molecule has 0 atom stereocenters. The molecule has 12 aromatic rings. The number of benzene rings is 9. The molecule has 274 valence electrons. The lowest BCUT2D eigenvalue weighted by molar-refractivity contribution is 0.672. The topological polar surface area (TPSA) is 51.8 Å². The number of nitrogens with zero attached hydrogens (tertiary/aromatic N) is 3. The van der Waals surface area contributed by atoms with Crippen LogP contribution in [0.2, 0.25) is 0 Å². The Morgan fingerprint density at radius 2 is 0.814 bits per heavy atom. The fourth-order valence-electron chi connectivity index (χ4n) is 8.81. The van der Waals surface area contributed by atoms with Crippen molar-refractivity contribution in [3.05, 3.63) is 200 Å². The summed E-state index contributed by atoms with van der Waals surface area (Å²) in [7, 11) is 0. The van der Waals surface area contributed by atoms with Gasteiger partial charge in [0.2, 0.25) is 0 Å². The number of rotatable bonds is 5. The van der Waals surface area contributed by atoms with Crippen LogP contribution in [0.4, 0.5) is 0 Å². The smallest absolute Gasteiger partial charge is 0.161 e. The summed E-state index contributed by atoms with van der Waals surface area (Å²) in [6, 6.07) is 70.4. The molecule has 3 heterocycles. The van der Waals surface area contributed by atoms with E-state index in [1.807, 2.05) is 36.4 Å². The van der Waals surface area contributed by atoms with Gasteiger partial charge in [0.05, 0.1) is 17.1 Å². The molecular weight excluding hydrogens is 719 g/mol. The van der Waals surface area contributed by atoms with Gasteiger partial charge >= 0.3 is 0 Å². The molecule has 0 bridgehead atoms. The van der Waals surface area contributed by atoms with E-state index in [-0.39, 0.29) is 0 Å². The van der Waals surface area contributed by atoms with Crippen LogP contribution in [0.15, 0.2) is 205 Å². The van der Waals surface area contributed by atoms with E-state index in [0.29, 0.717) is 5.82 Å². The van der Waals surface area contributed by atoms with Crippen LogP contribution in [-0.2, 0) is 0 Å². The summed E-state index contributed by atoms with van der Waals surface area (Å²) in [6.07, 6.45) is 0. The van der Waals surface area contributed by atoms with Gasteiger partial charge in [-0.3, -0.25) is 0 Å². The highest BCUT2D eigenvalue weighted by Crippen LogP contribution is 2.40. The van der Waals surface area contributed by atoms with Crippen molar-refractivity contribution in [2.75, 3.05) is 0 Å². The Balaban J connectivity index is 0.957. The number of para-hydroxylation sites is 1. The first kappa shape index (κ1) is 33.2. The van der Waals surface area contributed by atoms with Gasteiger partial charge in [0, 0.05) is 38.4 Å². The second-order valence-corrected chi connectivity index (χ2v) is 15.1. The standard InChI is InChI=1S/C55H33N3O/c1-2-13-36(14-3-1)55-56-49(33-50(57-55)38-29-30-44-42-19-5-4-17-40(42)41-18-6-7-20-43(41)48(44)32-38)35-27-25-34(26-28-35)37-15-12-16-39(31-37)52-45-21-8-9-22-46(45)54-53(58-52)47-23-10-11-24-51(47)59-54/h1-33H. The Labute approximate surface area is 339 Å². The highest BCUT2D eigenvalue weighted by molar-refractivity contribution is 6.25. The van der Waals surface area contributed by atoms with Crippen LogP contribution >= 0.6 is 0 Å². The second kappa shape index (κ2) is 13.3. The minimum absolute atomic E-state index is 0.695. The van der Waals surface area contributed by atoms with Crippen molar-refractivity contribution in [3.8, 4) is 56.3 Å². The predicted molar refractivity (Wildman–Crippen MR) is 244 cm³/mol. The monoisotopic (exact) mass is 751 g/mol. The molecule has 0 aliphatic carbocycles. The predicted octanol–water partition coefficient (Wildman–Crippen LogP) is 14.7. The molecule has 0 amide bonds. The molecule has 0 radical (unpaired) electrons. The molecule has 0 spiro atoms. The second-order valence-electron chi connectivity index (χ2n) is 15.1. The van der Waals surface area contributed by atoms with E-state index < -0.39 is 0 Å². The van der Waals surface area contributed by atoms with E-state index in [4.69, 9.17) is 19.4 Å². The molecule has 0 aliphatic rings. The number of pyridine rings is 1. The molecule has 0 N–H and O–H groups in total. The number of fused-ring (bicyclic) bond motifs is 11. The van der Waals surface area contributed by atoms with Crippen LogP contribution in [0.25, 0.3) is 121 Å². The summed E-state index contributed by atoms with van der Waals surface area (Å²) in [5, 5.41) is 10.6. The van der Waals surface area contributed by atoms with Crippen LogP contribution in [0.1, 0.15) is 0 Å². The van der Waals surface area contributed by atoms with Crippen molar-refractivity contribution in [3.63, 3.8) is 0 Å². The molecule has 0 unspecified atom stereocenters. The van der Waals surface area contributed by atoms with E-state index in [1.54, 1.807) is 0 Å².